The van der Waals surface area contributed by atoms with Crippen LogP contribution in [0, 0.1) is 17.1 Å². The number of nitrogens with one attached hydrogen (secondary N) is 2. The first-order valence-corrected chi connectivity index (χ1v) is 13.2. The van der Waals surface area contributed by atoms with Crippen molar-refractivity contribution in [1.82, 2.24) is 20.0 Å². The van der Waals surface area contributed by atoms with Gasteiger partial charge in [0.05, 0.1) is 47.5 Å². The standard InChI is InChI=1S/C28H27ClFN7O/c29-24-12-20(11-23-26(17(13-31)14-32-28(23)24)33-19-2-1-3-22(38)10-19)34-27(16-4-6-18(30)7-5-16)25-15-37(36-35-25)21-8-9-21/h4-7,11-12,14-15,19,21-22,27,34,38H,1-3,8-10H2,(H,32,33)/t19-,22-,27-/m0/s1/i27D. The van der Waals surface area contributed by atoms with Gasteiger partial charge in [-0.25, -0.2) is 9.07 Å². The van der Waals surface area contributed by atoms with Gasteiger partial charge in [0.1, 0.15) is 17.6 Å². The summed E-state index contributed by atoms with van der Waals surface area (Å²) in [6.07, 6.45) is 7.98. The Bertz CT molecular complexity index is 1570. The van der Waals surface area contributed by atoms with Gasteiger partial charge in [-0.3, -0.25) is 4.98 Å². The van der Waals surface area contributed by atoms with Crippen molar-refractivity contribution in [2.24, 2.45) is 0 Å². The molecule has 2 fully saturated rings. The lowest BCUT2D eigenvalue weighted by atomic mass is 9.92. The predicted octanol–water partition coefficient (Wildman–Crippen LogP) is 5.74. The Kier molecular flexibility index (Phi) is 6.27. The summed E-state index contributed by atoms with van der Waals surface area (Å²) in [6, 6.07) is 10.1. The molecule has 2 saturated carbocycles. The molecule has 0 aliphatic heterocycles. The van der Waals surface area contributed by atoms with Crippen molar-refractivity contribution in [1.29, 1.82) is 5.26 Å². The zero-order valence-corrected chi connectivity index (χ0v) is 21.3. The molecule has 2 aliphatic carbocycles. The second kappa shape index (κ2) is 10.2. The molecule has 2 heterocycles. The van der Waals surface area contributed by atoms with Crippen LogP contribution in [0.2, 0.25) is 5.02 Å². The minimum atomic E-state index is -1.61. The minimum absolute atomic E-state index is 0.00575. The van der Waals surface area contributed by atoms with Crippen LogP contribution in [0.15, 0.2) is 48.8 Å². The van der Waals surface area contributed by atoms with E-state index in [0.29, 0.717) is 50.5 Å². The van der Waals surface area contributed by atoms with E-state index in [1.165, 1.54) is 18.3 Å². The van der Waals surface area contributed by atoms with Crippen molar-refractivity contribution >= 4 is 33.9 Å². The van der Waals surface area contributed by atoms with Crippen LogP contribution in [0.5, 0.6) is 0 Å². The number of hydrogen-bond donors (Lipinski definition) is 3. The number of nitrogens with zero attached hydrogens (tertiary/aromatic N) is 5. The molecule has 0 radical (unpaired) electrons. The number of benzene rings is 2. The Balaban J connectivity index is 1.44. The number of hydrogen-bond acceptors (Lipinski definition) is 7. The van der Waals surface area contributed by atoms with E-state index < -0.39 is 11.8 Å². The number of nitriles is 1. The molecule has 0 amide bonds. The van der Waals surface area contributed by atoms with Gasteiger partial charge in [0.2, 0.25) is 0 Å². The molecule has 2 aromatic carbocycles. The Morgan fingerprint density at radius 3 is 2.76 bits per heavy atom. The Morgan fingerprint density at radius 1 is 1.21 bits per heavy atom. The van der Waals surface area contributed by atoms with E-state index in [2.05, 4.69) is 32.0 Å². The quantitative estimate of drug-likeness (QED) is 0.278. The maximum absolute atomic E-state index is 13.8. The molecule has 0 saturated heterocycles. The highest BCUT2D eigenvalue weighted by Crippen LogP contribution is 2.38. The van der Waals surface area contributed by atoms with Crippen molar-refractivity contribution in [3.8, 4) is 6.07 Å². The smallest absolute Gasteiger partial charge is 0.123 e. The summed E-state index contributed by atoms with van der Waals surface area (Å²) >= 11 is 6.70. The van der Waals surface area contributed by atoms with E-state index in [1.54, 1.807) is 35.1 Å². The second-order valence-electron chi connectivity index (χ2n) is 10.00. The number of aliphatic hydroxyl groups is 1. The van der Waals surface area contributed by atoms with Crippen molar-refractivity contribution in [2.45, 2.75) is 62.7 Å². The number of aliphatic hydroxyl groups excluding tert-OH is 1. The van der Waals surface area contributed by atoms with Crippen LogP contribution in [-0.4, -0.2) is 37.2 Å². The van der Waals surface area contributed by atoms with Gasteiger partial charge >= 0.3 is 0 Å². The molecule has 10 heteroatoms. The van der Waals surface area contributed by atoms with Crippen LogP contribution < -0.4 is 10.6 Å². The molecule has 194 valence electrons. The Hall–Kier alpha value is -3.74. The summed E-state index contributed by atoms with van der Waals surface area (Å²) < 4.78 is 25.1. The Morgan fingerprint density at radius 2 is 2.03 bits per heavy atom. The molecule has 3 N–H and O–H groups in total. The van der Waals surface area contributed by atoms with Crippen LogP contribution in [0.25, 0.3) is 10.9 Å². The fourth-order valence-electron chi connectivity index (χ4n) is 5.03. The van der Waals surface area contributed by atoms with Gasteiger partial charge in [-0.05, 0) is 68.4 Å². The summed E-state index contributed by atoms with van der Waals surface area (Å²) in [6.45, 7) is 0. The molecule has 2 aliphatic rings. The second-order valence-corrected chi connectivity index (χ2v) is 10.4. The summed E-state index contributed by atoms with van der Waals surface area (Å²) in [5.41, 5.74) is 2.79. The maximum atomic E-state index is 13.8. The van der Waals surface area contributed by atoms with Gasteiger partial charge in [0, 0.05) is 23.3 Å². The molecule has 38 heavy (non-hydrogen) atoms. The normalized spacial score (nSPS) is 21.4. The van der Waals surface area contributed by atoms with Gasteiger partial charge in [-0.15, -0.1) is 5.10 Å². The van der Waals surface area contributed by atoms with Crippen molar-refractivity contribution in [2.75, 3.05) is 10.6 Å². The van der Waals surface area contributed by atoms with E-state index in [-0.39, 0.29) is 18.2 Å². The van der Waals surface area contributed by atoms with E-state index in [1.807, 2.05) is 0 Å². The molecule has 6 rings (SSSR count). The fraction of sp³-hybridized carbons (Fsp3) is 0.357. The first-order chi connectivity index (χ1) is 18.8. The van der Waals surface area contributed by atoms with E-state index in [0.717, 1.165) is 32.1 Å². The molecule has 0 spiro atoms. The molecule has 2 aromatic heterocycles. The van der Waals surface area contributed by atoms with Gasteiger partial charge in [0.15, 0.2) is 0 Å². The first kappa shape index (κ1) is 23.4. The zero-order valence-electron chi connectivity index (χ0n) is 21.5. The Labute approximate surface area is 225 Å². The van der Waals surface area contributed by atoms with Crippen LogP contribution in [0.4, 0.5) is 15.8 Å². The first-order valence-electron chi connectivity index (χ1n) is 13.3. The van der Waals surface area contributed by atoms with Crippen LogP contribution >= 0.6 is 11.6 Å². The van der Waals surface area contributed by atoms with Crippen molar-refractivity contribution in [3.05, 3.63) is 76.5 Å². The molecule has 0 bridgehead atoms. The van der Waals surface area contributed by atoms with Crippen LogP contribution in [0.1, 0.15) is 68.8 Å². The summed E-state index contributed by atoms with van der Waals surface area (Å²) in [5, 5.41) is 36.2. The lowest BCUT2D eigenvalue weighted by Gasteiger charge is -2.28. The molecular formula is C28H27ClFN7O. The van der Waals surface area contributed by atoms with Gasteiger partial charge in [-0.1, -0.05) is 28.9 Å². The maximum Gasteiger partial charge on any atom is 0.123 e. The molecule has 3 atom stereocenters. The van der Waals surface area contributed by atoms with E-state index in [9.17, 15) is 16.1 Å². The number of aromatic nitrogens is 4. The number of rotatable bonds is 7. The van der Waals surface area contributed by atoms with Crippen molar-refractivity contribution in [3.63, 3.8) is 0 Å². The fourth-order valence-corrected chi connectivity index (χ4v) is 5.29. The highest BCUT2D eigenvalue weighted by molar-refractivity contribution is 6.35. The molecule has 4 aromatic rings. The van der Waals surface area contributed by atoms with E-state index in [4.69, 9.17) is 11.6 Å². The minimum Gasteiger partial charge on any atom is -0.393 e. The predicted molar refractivity (Wildman–Crippen MR) is 144 cm³/mol. The highest BCUT2D eigenvalue weighted by atomic mass is 35.5. The van der Waals surface area contributed by atoms with Gasteiger partial charge in [0.25, 0.3) is 0 Å². The van der Waals surface area contributed by atoms with Crippen molar-refractivity contribution < 1.29 is 10.9 Å². The highest BCUT2D eigenvalue weighted by Gasteiger charge is 2.27. The number of halogens is 2. The number of fused-ring (bicyclic) bond motifs is 1. The third-order valence-electron chi connectivity index (χ3n) is 7.13. The molecule has 0 unspecified atom stereocenters. The summed E-state index contributed by atoms with van der Waals surface area (Å²) in [4.78, 5) is 4.43. The number of anilines is 2. The topological polar surface area (TPSA) is 112 Å². The van der Waals surface area contributed by atoms with Gasteiger partial charge < -0.3 is 15.7 Å². The average molecular weight is 533 g/mol. The number of pyridine rings is 1. The summed E-state index contributed by atoms with van der Waals surface area (Å²) in [5.74, 6) is -0.407. The zero-order chi connectivity index (χ0) is 27.1. The third kappa shape index (κ3) is 5.02. The molecular weight excluding hydrogens is 505 g/mol. The van der Waals surface area contributed by atoms with Crippen LogP contribution in [0.3, 0.4) is 0 Å². The van der Waals surface area contributed by atoms with Gasteiger partial charge in [-0.2, -0.15) is 5.26 Å². The molecule has 8 nitrogen and oxygen atoms in total. The van der Waals surface area contributed by atoms with E-state index >= 15 is 0 Å². The average Bonchev–Trinajstić information content (AvgIpc) is 3.65. The summed E-state index contributed by atoms with van der Waals surface area (Å²) in [7, 11) is 0. The third-order valence-corrected chi connectivity index (χ3v) is 7.42. The van der Waals surface area contributed by atoms with Crippen LogP contribution in [-0.2, 0) is 0 Å². The lowest BCUT2D eigenvalue weighted by molar-refractivity contribution is 0.124. The lowest BCUT2D eigenvalue weighted by Crippen LogP contribution is -2.30. The monoisotopic (exact) mass is 532 g/mol. The SMILES string of the molecule is [2H][C@](Nc1cc(Cl)c2ncc(C#N)c(N[C@H]3CCC[C@H](O)C3)c2c1)(c1ccc(F)cc1)c1cn(C2CC2)nn1. The largest absolute Gasteiger partial charge is 0.393 e.